The lowest BCUT2D eigenvalue weighted by Crippen LogP contribution is -2.53. The molecule has 0 aromatic carbocycles. The maximum Gasteiger partial charge on any atom is 0.249 e. The molecule has 0 rings (SSSR count). The molecule has 0 saturated heterocycles. The highest BCUT2D eigenvalue weighted by molar-refractivity contribution is 5.80. The van der Waals surface area contributed by atoms with Gasteiger partial charge < -0.3 is 25.7 Å². The molecule has 0 aromatic heterocycles. The zero-order valence-corrected chi connectivity index (χ0v) is 35.7. The molecule has 0 radical (unpaired) electrons. The smallest absolute Gasteiger partial charge is 0.249 e. The summed E-state index contributed by atoms with van der Waals surface area (Å²) in [6, 6.07) is -1.01. The monoisotopic (exact) mass is 762 g/mol. The number of nitrogens with one attached hydrogen (secondary N) is 1. The van der Waals surface area contributed by atoms with E-state index in [0.29, 0.717) is 19.3 Å². The van der Waals surface area contributed by atoms with E-state index < -0.39 is 36.9 Å². The van der Waals surface area contributed by atoms with Gasteiger partial charge in [-0.05, 0) is 70.6 Å². The second-order valence-corrected chi connectivity index (χ2v) is 16.1. The van der Waals surface area contributed by atoms with Crippen molar-refractivity contribution in [2.24, 2.45) is 0 Å². The summed E-state index contributed by atoms with van der Waals surface area (Å²) in [4.78, 5) is 12.4. The summed E-state index contributed by atoms with van der Waals surface area (Å²) in [5.74, 6) is -0.613. The van der Waals surface area contributed by atoms with E-state index in [2.05, 4.69) is 55.6 Å². The Labute approximate surface area is 335 Å². The summed E-state index contributed by atoms with van der Waals surface area (Å²) < 4.78 is 0. The summed E-state index contributed by atoms with van der Waals surface area (Å²) in [5.41, 5.74) is 0. The van der Waals surface area contributed by atoms with Crippen LogP contribution in [0.4, 0.5) is 0 Å². The maximum absolute atomic E-state index is 12.4. The van der Waals surface area contributed by atoms with E-state index in [1.54, 1.807) is 0 Å². The molecule has 0 fully saturated rings. The molecule has 0 spiro atoms. The Morgan fingerprint density at radius 3 is 1.22 bits per heavy atom. The van der Waals surface area contributed by atoms with Gasteiger partial charge in [-0.2, -0.15) is 0 Å². The number of carbonyl (C=O) groups excluding carboxylic acids is 1. The van der Waals surface area contributed by atoms with E-state index in [4.69, 9.17) is 0 Å². The Hall–Kier alpha value is -1.47. The molecule has 0 aliphatic carbocycles. The highest BCUT2D eigenvalue weighted by atomic mass is 16.3. The van der Waals surface area contributed by atoms with Crippen molar-refractivity contribution in [3.63, 3.8) is 0 Å². The first-order valence-electron chi connectivity index (χ1n) is 23.4. The number of amides is 1. The Morgan fingerprint density at radius 2 is 0.796 bits per heavy atom. The fourth-order valence-electron chi connectivity index (χ4n) is 7.05. The highest BCUT2D eigenvalue weighted by Gasteiger charge is 2.28. The van der Waals surface area contributed by atoms with Crippen LogP contribution < -0.4 is 5.32 Å². The minimum Gasteiger partial charge on any atom is -0.394 e. The van der Waals surface area contributed by atoms with Gasteiger partial charge in [-0.1, -0.05) is 198 Å². The molecule has 1 amide bonds. The largest absolute Gasteiger partial charge is 0.394 e. The zero-order chi connectivity index (χ0) is 39.6. The van der Waals surface area contributed by atoms with Crippen molar-refractivity contribution in [1.29, 1.82) is 0 Å². The van der Waals surface area contributed by atoms with E-state index >= 15 is 0 Å². The number of unbranched alkanes of at least 4 members (excludes halogenated alkanes) is 27. The Kier molecular flexibility index (Phi) is 41.5. The fourth-order valence-corrected chi connectivity index (χ4v) is 7.05. The van der Waals surface area contributed by atoms with E-state index in [1.807, 2.05) is 0 Å². The highest BCUT2D eigenvalue weighted by Crippen LogP contribution is 2.16. The SMILES string of the molecule is CCCC/C=C\CCCCCC(O)C(=O)NC(CO)C(O)C(O)CCC/C=C/CC/C=C/CCCCCCCCCCCCCCCCCCCCCC. The van der Waals surface area contributed by atoms with Crippen molar-refractivity contribution in [2.75, 3.05) is 6.61 Å². The first kappa shape index (κ1) is 52.5. The van der Waals surface area contributed by atoms with Gasteiger partial charge >= 0.3 is 0 Å². The fraction of sp³-hybridized carbons (Fsp3) is 0.854. The van der Waals surface area contributed by atoms with E-state index in [9.17, 15) is 25.2 Å². The molecule has 0 aromatic rings. The second kappa shape index (κ2) is 42.7. The normalized spacial score (nSPS) is 14.4. The number of hydrogen-bond acceptors (Lipinski definition) is 5. The molecule has 0 bridgehead atoms. The third kappa shape index (κ3) is 36.2. The first-order valence-corrected chi connectivity index (χ1v) is 23.4. The minimum absolute atomic E-state index is 0.337. The molecule has 0 aliphatic heterocycles. The van der Waals surface area contributed by atoms with Gasteiger partial charge in [0, 0.05) is 0 Å². The van der Waals surface area contributed by atoms with E-state index in [-0.39, 0.29) is 0 Å². The van der Waals surface area contributed by atoms with Crippen LogP contribution in [0.5, 0.6) is 0 Å². The average Bonchev–Trinajstić information content (AvgIpc) is 3.18. The van der Waals surface area contributed by atoms with Gasteiger partial charge in [0.25, 0.3) is 0 Å². The van der Waals surface area contributed by atoms with Gasteiger partial charge in [0.1, 0.15) is 12.2 Å². The molecular weight excluding hydrogens is 671 g/mol. The number of aliphatic hydroxyl groups excluding tert-OH is 4. The number of hydrogen-bond donors (Lipinski definition) is 5. The van der Waals surface area contributed by atoms with Gasteiger partial charge in [0.15, 0.2) is 0 Å². The Morgan fingerprint density at radius 1 is 0.444 bits per heavy atom. The molecule has 5 N–H and O–H groups in total. The molecule has 4 unspecified atom stereocenters. The minimum atomic E-state index is -1.29. The molecule has 0 aliphatic rings. The van der Waals surface area contributed by atoms with E-state index in [1.165, 1.54) is 148 Å². The Balaban J connectivity index is 3.66. The lowest BCUT2D eigenvalue weighted by Gasteiger charge is -2.27. The molecule has 6 heteroatoms. The average molecular weight is 762 g/mol. The standard InChI is InChI=1S/C48H91NO5/c1-3-5-7-9-11-13-14-15-16-17-18-19-20-21-22-23-24-25-26-27-28-29-30-31-32-34-35-37-39-41-45(51)47(53)44(43-50)49-48(54)46(52)42-40-38-36-33-12-10-8-6-4-2/h10,12,29-30,34-35,44-47,50-53H,3-9,11,13-28,31-33,36-43H2,1-2H3,(H,49,54)/b12-10-,30-29+,35-34+. The molecule has 0 saturated carbocycles. The predicted molar refractivity (Wildman–Crippen MR) is 233 cm³/mol. The zero-order valence-electron chi connectivity index (χ0n) is 35.7. The summed E-state index contributed by atoms with van der Waals surface area (Å²) in [6.45, 7) is 3.97. The summed E-state index contributed by atoms with van der Waals surface area (Å²) in [5, 5.41) is 43.5. The first-order chi connectivity index (χ1) is 26.5. The third-order valence-electron chi connectivity index (χ3n) is 10.8. The number of carbonyl (C=O) groups is 1. The second-order valence-electron chi connectivity index (χ2n) is 16.1. The van der Waals surface area contributed by atoms with Crippen LogP contribution in [0.2, 0.25) is 0 Å². The summed E-state index contributed by atoms with van der Waals surface area (Å²) in [7, 11) is 0. The van der Waals surface area contributed by atoms with Crippen molar-refractivity contribution >= 4 is 5.91 Å². The Bertz CT molecular complexity index is 858. The molecule has 6 nitrogen and oxygen atoms in total. The number of aliphatic hydroxyl groups is 4. The topological polar surface area (TPSA) is 110 Å². The summed E-state index contributed by atoms with van der Waals surface area (Å²) in [6.07, 6.45) is 50.8. The van der Waals surface area contributed by atoms with Crippen LogP contribution in [-0.2, 0) is 4.79 Å². The van der Waals surface area contributed by atoms with Crippen LogP contribution in [0.1, 0.15) is 232 Å². The van der Waals surface area contributed by atoms with Crippen LogP contribution in [-0.4, -0.2) is 57.3 Å². The van der Waals surface area contributed by atoms with Crippen molar-refractivity contribution in [3.05, 3.63) is 36.5 Å². The summed E-state index contributed by atoms with van der Waals surface area (Å²) >= 11 is 0. The van der Waals surface area contributed by atoms with Crippen molar-refractivity contribution in [3.8, 4) is 0 Å². The number of allylic oxidation sites excluding steroid dienone is 6. The molecular formula is C48H91NO5. The van der Waals surface area contributed by atoms with Crippen LogP contribution in [0, 0.1) is 0 Å². The van der Waals surface area contributed by atoms with Crippen LogP contribution in [0.15, 0.2) is 36.5 Å². The van der Waals surface area contributed by atoms with Crippen LogP contribution in [0.25, 0.3) is 0 Å². The van der Waals surface area contributed by atoms with Gasteiger partial charge in [0.05, 0.1) is 18.8 Å². The molecule has 54 heavy (non-hydrogen) atoms. The van der Waals surface area contributed by atoms with Crippen molar-refractivity contribution < 1.29 is 25.2 Å². The van der Waals surface area contributed by atoms with Crippen LogP contribution in [0.3, 0.4) is 0 Å². The van der Waals surface area contributed by atoms with Crippen LogP contribution >= 0.6 is 0 Å². The predicted octanol–water partition coefficient (Wildman–Crippen LogP) is 12.5. The molecule has 4 atom stereocenters. The van der Waals surface area contributed by atoms with Gasteiger partial charge in [-0.3, -0.25) is 4.79 Å². The third-order valence-corrected chi connectivity index (χ3v) is 10.8. The van der Waals surface area contributed by atoms with E-state index in [0.717, 1.165) is 51.4 Å². The maximum atomic E-state index is 12.4. The lowest BCUT2D eigenvalue weighted by atomic mass is 10.00. The molecule has 0 heterocycles. The quantitative estimate of drug-likeness (QED) is 0.0314. The van der Waals surface area contributed by atoms with Gasteiger partial charge in [-0.15, -0.1) is 0 Å². The van der Waals surface area contributed by atoms with Crippen molar-refractivity contribution in [1.82, 2.24) is 5.32 Å². The lowest BCUT2D eigenvalue weighted by molar-refractivity contribution is -0.132. The number of rotatable bonds is 42. The van der Waals surface area contributed by atoms with Gasteiger partial charge in [-0.25, -0.2) is 0 Å². The van der Waals surface area contributed by atoms with Gasteiger partial charge in [0.2, 0.25) is 5.91 Å². The molecule has 318 valence electrons. The van der Waals surface area contributed by atoms with Crippen molar-refractivity contribution in [2.45, 2.75) is 257 Å².